The molecule has 1 aromatic rings. The van der Waals surface area contributed by atoms with Gasteiger partial charge in [0.1, 0.15) is 0 Å². The van der Waals surface area contributed by atoms with Crippen LogP contribution in [0.15, 0.2) is 24.3 Å². The molecular formula is C15H25ClN2O2. The summed E-state index contributed by atoms with van der Waals surface area (Å²) < 4.78 is 5.07. The van der Waals surface area contributed by atoms with Crippen molar-refractivity contribution in [2.24, 2.45) is 11.7 Å². The molecule has 0 heterocycles. The minimum absolute atomic E-state index is 0. The van der Waals surface area contributed by atoms with Crippen LogP contribution in [0.2, 0.25) is 0 Å². The number of benzene rings is 1. The molecule has 0 saturated carbocycles. The standard InChI is InChI=1S/C15H24N2O2.ClH/c1-11(2)15(3,10-16)17-14(18)13-7-5-6-12(8-13)9-19-4;/h5-8,11H,9-10,16H2,1-4H3,(H,17,18);1H. The lowest BCUT2D eigenvalue weighted by atomic mass is 9.88. The van der Waals surface area contributed by atoms with Crippen LogP contribution < -0.4 is 11.1 Å². The summed E-state index contributed by atoms with van der Waals surface area (Å²) in [7, 11) is 1.64. The number of amides is 1. The number of nitrogens with one attached hydrogen (secondary N) is 1. The van der Waals surface area contributed by atoms with Gasteiger partial charge in [-0.1, -0.05) is 26.0 Å². The molecule has 114 valence electrons. The topological polar surface area (TPSA) is 64.3 Å². The second-order valence-electron chi connectivity index (χ2n) is 5.36. The van der Waals surface area contributed by atoms with E-state index in [1.807, 2.05) is 25.1 Å². The lowest BCUT2D eigenvalue weighted by molar-refractivity contribution is 0.0883. The van der Waals surface area contributed by atoms with Crippen molar-refractivity contribution < 1.29 is 9.53 Å². The van der Waals surface area contributed by atoms with E-state index >= 15 is 0 Å². The summed E-state index contributed by atoms with van der Waals surface area (Å²) in [5.74, 6) is 0.170. The Kier molecular flexibility index (Phi) is 7.79. The summed E-state index contributed by atoms with van der Waals surface area (Å²) in [5, 5.41) is 3.02. The molecular weight excluding hydrogens is 276 g/mol. The van der Waals surface area contributed by atoms with Gasteiger partial charge < -0.3 is 15.8 Å². The Balaban J connectivity index is 0.00000361. The highest BCUT2D eigenvalue weighted by Gasteiger charge is 2.28. The van der Waals surface area contributed by atoms with Crippen LogP contribution in [0.25, 0.3) is 0 Å². The summed E-state index contributed by atoms with van der Waals surface area (Å²) >= 11 is 0. The lowest BCUT2D eigenvalue weighted by Gasteiger charge is -2.33. The van der Waals surface area contributed by atoms with Gasteiger partial charge in [-0.15, -0.1) is 12.4 Å². The van der Waals surface area contributed by atoms with Gasteiger partial charge in [-0.25, -0.2) is 0 Å². The third kappa shape index (κ3) is 4.78. The normalized spacial score (nSPS) is 13.5. The first kappa shape index (κ1) is 18.9. The average molecular weight is 301 g/mol. The number of nitrogens with two attached hydrogens (primary N) is 1. The molecule has 1 amide bonds. The summed E-state index contributed by atoms with van der Waals surface area (Å²) in [6.45, 7) is 6.98. The van der Waals surface area contributed by atoms with E-state index in [1.165, 1.54) is 0 Å². The van der Waals surface area contributed by atoms with Crippen LogP contribution in [0, 0.1) is 5.92 Å². The van der Waals surface area contributed by atoms with Gasteiger partial charge in [-0.3, -0.25) is 4.79 Å². The molecule has 4 nitrogen and oxygen atoms in total. The van der Waals surface area contributed by atoms with E-state index in [1.54, 1.807) is 13.2 Å². The second-order valence-corrected chi connectivity index (χ2v) is 5.36. The molecule has 1 atom stereocenters. The molecule has 0 bridgehead atoms. The molecule has 0 saturated heterocycles. The van der Waals surface area contributed by atoms with Crippen LogP contribution in [0.1, 0.15) is 36.7 Å². The van der Waals surface area contributed by atoms with Crippen molar-refractivity contribution in [3.05, 3.63) is 35.4 Å². The third-order valence-electron chi connectivity index (χ3n) is 3.60. The monoisotopic (exact) mass is 300 g/mol. The Labute approximate surface area is 127 Å². The zero-order chi connectivity index (χ0) is 14.5. The summed E-state index contributed by atoms with van der Waals surface area (Å²) in [5.41, 5.74) is 7.00. The fraction of sp³-hybridized carbons (Fsp3) is 0.533. The molecule has 0 radical (unpaired) electrons. The number of ether oxygens (including phenoxy) is 1. The minimum Gasteiger partial charge on any atom is -0.380 e. The van der Waals surface area contributed by atoms with Gasteiger partial charge in [-0.05, 0) is 30.5 Å². The van der Waals surface area contributed by atoms with Gasteiger partial charge in [0, 0.05) is 19.2 Å². The zero-order valence-corrected chi connectivity index (χ0v) is 13.4. The van der Waals surface area contributed by atoms with Gasteiger partial charge in [0.2, 0.25) is 0 Å². The Morgan fingerprint density at radius 1 is 1.45 bits per heavy atom. The first-order chi connectivity index (χ1) is 8.92. The maximum absolute atomic E-state index is 12.3. The van der Waals surface area contributed by atoms with E-state index in [0.717, 1.165) is 5.56 Å². The highest BCUT2D eigenvalue weighted by atomic mass is 35.5. The van der Waals surface area contributed by atoms with Crippen LogP contribution in [-0.2, 0) is 11.3 Å². The molecule has 5 heteroatoms. The number of methoxy groups -OCH3 is 1. The van der Waals surface area contributed by atoms with E-state index in [-0.39, 0.29) is 24.2 Å². The van der Waals surface area contributed by atoms with Crippen molar-refractivity contribution in [3.8, 4) is 0 Å². The molecule has 20 heavy (non-hydrogen) atoms. The van der Waals surface area contributed by atoms with Crippen LogP contribution in [0.5, 0.6) is 0 Å². The lowest BCUT2D eigenvalue weighted by Crippen LogP contribution is -2.55. The SMILES string of the molecule is COCc1cccc(C(=O)NC(C)(CN)C(C)C)c1.Cl. The van der Waals surface area contributed by atoms with Crippen LogP contribution in [-0.4, -0.2) is 25.1 Å². The number of hydrogen-bond donors (Lipinski definition) is 2. The number of hydrogen-bond acceptors (Lipinski definition) is 3. The van der Waals surface area contributed by atoms with Crippen molar-refractivity contribution in [2.45, 2.75) is 32.9 Å². The smallest absolute Gasteiger partial charge is 0.251 e. The van der Waals surface area contributed by atoms with E-state index in [9.17, 15) is 4.79 Å². The molecule has 0 spiro atoms. The molecule has 0 fully saturated rings. The van der Waals surface area contributed by atoms with Gasteiger partial charge in [-0.2, -0.15) is 0 Å². The van der Waals surface area contributed by atoms with Crippen molar-refractivity contribution >= 4 is 18.3 Å². The largest absolute Gasteiger partial charge is 0.380 e. The van der Waals surface area contributed by atoms with Crippen LogP contribution in [0.4, 0.5) is 0 Å². The van der Waals surface area contributed by atoms with Gasteiger partial charge >= 0.3 is 0 Å². The molecule has 1 aromatic carbocycles. The molecule has 3 N–H and O–H groups in total. The van der Waals surface area contributed by atoms with E-state index < -0.39 is 5.54 Å². The first-order valence-corrected chi connectivity index (χ1v) is 6.53. The summed E-state index contributed by atoms with van der Waals surface area (Å²) in [6.07, 6.45) is 0. The Morgan fingerprint density at radius 3 is 2.60 bits per heavy atom. The highest BCUT2D eigenvalue weighted by molar-refractivity contribution is 5.94. The fourth-order valence-electron chi connectivity index (χ4n) is 1.73. The zero-order valence-electron chi connectivity index (χ0n) is 12.6. The molecule has 0 aromatic heterocycles. The summed E-state index contributed by atoms with van der Waals surface area (Å²) in [6, 6.07) is 7.44. The van der Waals surface area contributed by atoms with Gasteiger partial charge in [0.25, 0.3) is 5.91 Å². The number of halogens is 1. The van der Waals surface area contributed by atoms with Gasteiger partial charge in [0.15, 0.2) is 0 Å². The minimum atomic E-state index is -0.394. The maximum Gasteiger partial charge on any atom is 0.251 e. The Hall–Kier alpha value is -1.10. The predicted molar refractivity (Wildman–Crippen MR) is 84.2 cm³/mol. The Bertz CT molecular complexity index is 438. The molecule has 1 unspecified atom stereocenters. The van der Waals surface area contributed by atoms with Crippen molar-refractivity contribution in [3.63, 3.8) is 0 Å². The highest BCUT2D eigenvalue weighted by Crippen LogP contribution is 2.16. The van der Waals surface area contributed by atoms with Crippen molar-refractivity contribution in [2.75, 3.05) is 13.7 Å². The Morgan fingerprint density at radius 2 is 2.10 bits per heavy atom. The molecule has 0 aliphatic rings. The molecule has 1 rings (SSSR count). The van der Waals surface area contributed by atoms with Crippen LogP contribution in [0.3, 0.4) is 0 Å². The van der Waals surface area contributed by atoms with E-state index in [4.69, 9.17) is 10.5 Å². The molecule has 0 aliphatic carbocycles. The first-order valence-electron chi connectivity index (χ1n) is 6.53. The third-order valence-corrected chi connectivity index (χ3v) is 3.60. The number of rotatable bonds is 6. The molecule has 0 aliphatic heterocycles. The number of carbonyl (C=O) groups excluding carboxylic acids is 1. The van der Waals surface area contributed by atoms with E-state index in [2.05, 4.69) is 19.2 Å². The predicted octanol–water partition coefficient (Wildman–Crippen LogP) is 2.36. The van der Waals surface area contributed by atoms with Crippen molar-refractivity contribution in [1.82, 2.24) is 5.32 Å². The van der Waals surface area contributed by atoms with E-state index in [0.29, 0.717) is 18.7 Å². The van der Waals surface area contributed by atoms with Crippen LogP contribution >= 0.6 is 12.4 Å². The average Bonchev–Trinajstić information content (AvgIpc) is 2.39. The maximum atomic E-state index is 12.3. The quantitative estimate of drug-likeness (QED) is 0.847. The second kappa shape index (κ2) is 8.25. The van der Waals surface area contributed by atoms with Gasteiger partial charge in [0.05, 0.1) is 12.1 Å². The fourth-order valence-corrected chi connectivity index (χ4v) is 1.73. The summed E-state index contributed by atoms with van der Waals surface area (Å²) in [4.78, 5) is 12.3. The van der Waals surface area contributed by atoms with Crippen molar-refractivity contribution in [1.29, 1.82) is 0 Å². The number of carbonyl (C=O) groups is 1.